The number of amides is 1. The Kier molecular flexibility index (Phi) is 6.46. The molecule has 1 amide bonds. The van der Waals surface area contributed by atoms with Crippen LogP contribution in [-0.4, -0.2) is 57.8 Å². The minimum atomic E-state index is -0.423. The van der Waals surface area contributed by atoms with E-state index in [1.165, 1.54) is 0 Å². The zero-order valence-corrected chi connectivity index (χ0v) is 18.8. The highest BCUT2D eigenvalue weighted by molar-refractivity contribution is 6.43. The summed E-state index contributed by atoms with van der Waals surface area (Å²) in [5.41, 5.74) is 4.21. The van der Waals surface area contributed by atoms with E-state index >= 15 is 0 Å². The second-order valence-electron chi connectivity index (χ2n) is 8.41. The summed E-state index contributed by atoms with van der Waals surface area (Å²) in [5.74, 6) is 0.277. The molecule has 0 spiro atoms. The molecule has 4 rings (SSSR count). The van der Waals surface area contributed by atoms with Crippen LogP contribution >= 0.6 is 0 Å². The molecule has 2 aromatic carbocycles. The molecule has 0 N–H and O–H groups in total. The van der Waals surface area contributed by atoms with Gasteiger partial charge in [0.1, 0.15) is 0 Å². The molecule has 7 nitrogen and oxygen atoms in total. The fourth-order valence-electron chi connectivity index (χ4n) is 4.34. The standard InChI is InChI=1S/C25H28N4O3/c1-17-14-18(2)22(19(3)15-17)23(30)25(31)29-11-7-10-28(12-13-29)16-21-26-24(32-27-21)20-8-5-4-6-9-20/h4-6,8-9,14-15H,7,10-13,16H2,1-3H3. The molecule has 7 heteroatoms. The van der Waals surface area contributed by atoms with Gasteiger partial charge in [-0.2, -0.15) is 4.98 Å². The van der Waals surface area contributed by atoms with E-state index in [4.69, 9.17) is 4.52 Å². The summed E-state index contributed by atoms with van der Waals surface area (Å²) in [5, 5.41) is 4.10. The van der Waals surface area contributed by atoms with Crippen molar-refractivity contribution in [3.63, 3.8) is 0 Å². The number of benzene rings is 2. The summed E-state index contributed by atoms with van der Waals surface area (Å²) in [6, 6.07) is 13.6. The number of hydrogen-bond donors (Lipinski definition) is 0. The van der Waals surface area contributed by atoms with Crippen LogP contribution in [0, 0.1) is 20.8 Å². The first-order valence-electron chi connectivity index (χ1n) is 10.9. The number of carbonyl (C=O) groups excluding carboxylic acids is 2. The maximum atomic E-state index is 13.0. The molecule has 1 aliphatic heterocycles. The van der Waals surface area contributed by atoms with Gasteiger partial charge in [-0.15, -0.1) is 0 Å². The molecule has 0 aliphatic carbocycles. The Morgan fingerprint density at radius 1 is 0.969 bits per heavy atom. The number of hydrogen-bond acceptors (Lipinski definition) is 6. The Bertz CT molecular complexity index is 1100. The molecule has 1 saturated heterocycles. The van der Waals surface area contributed by atoms with E-state index in [1.54, 1.807) is 4.90 Å². The molecule has 2 heterocycles. The second kappa shape index (κ2) is 9.44. The molecule has 0 atom stereocenters. The Hall–Kier alpha value is -3.32. The van der Waals surface area contributed by atoms with Crippen LogP contribution in [0.1, 0.15) is 39.3 Å². The maximum Gasteiger partial charge on any atom is 0.295 e. The first kappa shape index (κ1) is 21.9. The SMILES string of the molecule is Cc1cc(C)c(C(=O)C(=O)N2CCCN(Cc3noc(-c4ccccc4)n3)CC2)c(C)c1. The van der Waals surface area contributed by atoms with Gasteiger partial charge in [0.25, 0.3) is 17.6 Å². The largest absolute Gasteiger partial charge is 0.334 e. The Balaban J connectivity index is 1.39. The highest BCUT2D eigenvalue weighted by Crippen LogP contribution is 2.19. The van der Waals surface area contributed by atoms with Crippen molar-refractivity contribution in [1.82, 2.24) is 19.9 Å². The maximum absolute atomic E-state index is 13.0. The average Bonchev–Trinajstić information content (AvgIpc) is 3.11. The molecule has 166 valence electrons. The van der Waals surface area contributed by atoms with Gasteiger partial charge in [-0.1, -0.05) is 41.1 Å². The first-order chi connectivity index (χ1) is 15.4. The summed E-state index contributed by atoms with van der Waals surface area (Å²) in [6.07, 6.45) is 0.786. The summed E-state index contributed by atoms with van der Waals surface area (Å²) in [7, 11) is 0. The minimum Gasteiger partial charge on any atom is -0.334 e. The molecule has 3 aromatic rings. The molecule has 0 radical (unpaired) electrons. The van der Waals surface area contributed by atoms with Crippen molar-refractivity contribution < 1.29 is 14.1 Å². The van der Waals surface area contributed by atoms with E-state index < -0.39 is 11.7 Å². The molecule has 32 heavy (non-hydrogen) atoms. The summed E-state index contributed by atoms with van der Waals surface area (Å²) in [6.45, 7) is 8.83. The Morgan fingerprint density at radius 3 is 2.41 bits per heavy atom. The van der Waals surface area contributed by atoms with Crippen molar-refractivity contribution in [2.24, 2.45) is 0 Å². The van der Waals surface area contributed by atoms with Gasteiger partial charge in [0, 0.05) is 37.3 Å². The van der Waals surface area contributed by atoms with Crippen LogP contribution in [0.25, 0.3) is 11.5 Å². The van der Waals surface area contributed by atoms with E-state index in [0.717, 1.165) is 35.2 Å². The topological polar surface area (TPSA) is 79.5 Å². The van der Waals surface area contributed by atoms with Crippen molar-refractivity contribution >= 4 is 11.7 Å². The quantitative estimate of drug-likeness (QED) is 0.453. The van der Waals surface area contributed by atoms with Crippen LogP contribution in [0.2, 0.25) is 0 Å². The number of nitrogens with zero attached hydrogens (tertiary/aromatic N) is 4. The van der Waals surface area contributed by atoms with Crippen LogP contribution in [0.5, 0.6) is 0 Å². The lowest BCUT2D eigenvalue weighted by Gasteiger charge is -2.21. The highest BCUT2D eigenvalue weighted by atomic mass is 16.5. The van der Waals surface area contributed by atoms with Gasteiger partial charge in [0.2, 0.25) is 0 Å². The Labute approximate surface area is 188 Å². The Morgan fingerprint density at radius 2 is 1.69 bits per heavy atom. The number of ketones is 1. The third kappa shape index (κ3) is 4.78. The van der Waals surface area contributed by atoms with E-state index in [-0.39, 0.29) is 0 Å². The van der Waals surface area contributed by atoms with Crippen molar-refractivity contribution in [2.75, 3.05) is 26.2 Å². The molecule has 1 aromatic heterocycles. The van der Waals surface area contributed by atoms with Gasteiger partial charge in [-0.3, -0.25) is 14.5 Å². The predicted molar refractivity (Wildman–Crippen MR) is 121 cm³/mol. The summed E-state index contributed by atoms with van der Waals surface area (Å²) < 4.78 is 5.40. The van der Waals surface area contributed by atoms with Crippen molar-refractivity contribution in [3.8, 4) is 11.5 Å². The second-order valence-corrected chi connectivity index (χ2v) is 8.41. The third-order valence-electron chi connectivity index (χ3n) is 5.83. The van der Waals surface area contributed by atoms with Crippen LogP contribution in [0.15, 0.2) is 47.0 Å². The number of rotatable bonds is 5. The van der Waals surface area contributed by atoms with Gasteiger partial charge in [-0.25, -0.2) is 0 Å². The highest BCUT2D eigenvalue weighted by Gasteiger charge is 2.28. The monoisotopic (exact) mass is 432 g/mol. The van der Waals surface area contributed by atoms with Gasteiger partial charge in [-0.05, 0) is 50.5 Å². The molecule has 0 saturated carbocycles. The van der Waals surface area contributed by atoms with Crippen LogP contribution in [0.3, 0.4) is 0 Å². The smallest absolute Gasteiger partial charge is 0.295 e. The van der Waals surface area contributed by atoms with E-state index in [2.05, 4.69) is 15.0 Å². The number of aryl methyl sites for hydroxylation is 3. The number of carbonyl (C=O) groups is 2. The third-order valence-corrected chi connectivity index (χ3v) is 5.83. The van der Waals surface area contributed by atoms with Crippen LogP contribution < -0.4 is 0 Å². The lowest BCUT2D eigenvalue weighted by Crippen LogP contribution is -2.39. The van der Waals surface area contributed by atoms with E-state index in [1.807, 2.05) is 63.2 Å². The van der Waals surface area contributed by atoms with Gasteiger partial charge in [0.15, 0.2) is 5.82 Å². The van der Waals surface area contributed by atoms with Gasteiger partial charge in [0.05, 0.1) is 6.54 Å². The van der Waals surface area contributed by atoms with E-state index in [9.17, 15) is 9.59 Å². The molecule has 0 unspecified atom stereocenters. The normalized spacial score (nSPS) is 14.9. The van der Waals surface area contributed by atoms with Crippen LogP contribution in [0.4, 0.5) is 0 Å². The zero-order valence-electron chi connectivity index (χ0n) is 18.8. The number of aromatic nitrogens is 2. The fourth-order valence-corrected chi connectivity index (χ4v) is 4.34. The number of Topliss-reactive ketones (excluding diaryl/α,β-unsaturated/α-hetero) is 1. The molecule has 1 aliphatic rings. The summed E-state index contributed by atoms with van der Waals surface area (Å²) in [4.78, 5) is 34.3. The van der Waals surface area contributed by atoms with Crippen molar-refractivity contribution in [1.29, 1.82) is 0 Å². The molecular weight excluding hydrogens is 404 g/mol. The van der Waals surface area contributed by atoms with Crippen molar-refractivity contribution in [2.45, 2.75) is 33.7 Å². The summed E-state index contributed by atoms with van der Waals surface area (Å²) >= 11 is 0. The molecular formula is C25H28N4O3. The zero-order chi connectivity index (χ0) is 22.7. The van der Waals surface area contributed by atoms with Crippen molar-refractivity contribution in [3.05, 3.63) is 70.5 Å². The predicted octanol–water partition coefficient (Wildman–Crippen LogP) is 3.58. The minimum absolute atomic E-state index is 0.417. The molecule has 1 fully saturated rings. The lowest BCUT2D eigenvalue weighted by atomic mass is 9.96. The fraction of sp³-hybridized carbons (Fsp3) is 0.360. The van der Waals surface area contributed by atoms with Crippen LogP contribution in [-0.2, 0) is 11.3 Å². The van der Waals surface area contributed by atoms with E-state index in [0.29, 0.717) is 43.5 Å². The first-order valence-corrected chi connectivity index (χ1v) is 10.9. The van der Waals surface area contributed by atoms with Gasteiger partial charge < -0.3 is 9.42 Å². The average molecular weight is 433 g/mol. The molecule has 0 bridgehead atoms. The lowest BCUT2D eigenvalue weighted by molar-refractivity contribution is -0.126. The van der Waals surface area contributed by atoms with Gasteiger partial charge >= 0.3 is 0 Å².